The summed E-state index contributed by atoms with van der Waals surface area (Å²) in [4.78, 5) is 2.77. The van der Waals surface area contributed by atoms with E-state index in [1.165, 1.54) is 77.3 Å². The van der Waals surface area contributed by atoms with E-state index in [0.29, 0.717) is 11.6 Å². The first-order valence-electron chi connectivity index (χ1n) is 9.11. The van der Waals surface area contributed by atoms with Gasteiger partial charge in [-0.2, -0.15) is 0 Å². The number of hydrogen-bond donors (Lipinski definition) is 1. The van der Waals surface area contributed by atoms with Crippen molar-refractivity contribution >= 4 is 0 Å². The van der Waals surface area contributed by atoms with Crippen molar-refractivity contribution in [3.63, 3.8) is 0 Å². The van der Waals surface area contributed by atoms with Gasteiger partial charge in [0.1, 0.15) is 0 Å². The average Bonchev–Trinajstić information content (AvgIpc) is 2.51. The molecule has 2 heteroatoms. The number of likely N-dealkylation sites (N-methyl/N-ethyl adjacent to an activating group) is 1. The zero-order valence-electron chi connectivity index (χ0n) is 14.5. The van der Waals surface area contributed by atoms with Gasteiger partial charge in [0.15, 0.2) is 0 Å². The third-order valence-corrected chi connectivity index (χ3v) is 5.49. The molecule has 0 spiro atoms. The molecular weight excluding hydrogens is 244 g/mol. The second kappa shape index (κ2) is 9.78. The Labute approximate surface area is 127 Å². The van der Waals surface area contributed by atoms with E-state index in [2.05, 4.69) is 38.0 Å². The standard InChI is InChI=1S/C18H38N2/c1-5-7-8-9-11-14-17(19-4)18(3,6-2)20-15-12-10-13-16-20/h17,19H,5-16H2,1-4H3. The van der Waals surface area contributed by atoms with Gasteiger partial charge in [-0.15, -0.1) is 0 Å². The van der Waals surface area contributed by atoms with E-state index in [0.717, 1.165) is 0 Å². The second-order valence-corrected chi connectivity index (χ2v) is 6.80. The van der Waals surface area contributed by atoms with Crippen LogP contribution in [0.25, 0.3) is 0 Å². The Kier molecular flexibility index (Phi) is 8.79. The maximum atomic E-state index is 3.64. The Balaban J connectivity index is 2.49. The molecule has 2 unspecified atom stereocenters. The van der Waals surface area contributed by atoms with Crippen molar-refractivity contribution in [3.8, 4) is 0 Å². The summed E-state index contributed by atoms with van der Waals surface area (Å²) in [6.45, 7) is 9.76. The van der Waals surface area contributed by atoms with Crippen molar-refractivity contribution in [1.29, 1.82) is 0 Å². The van der Waals surface area contributed by atoms with Gasteiger partial charge in [-0.25, -0.2) is 0 Å². The Morgan fingerprint density at radius 1 is 1.00 bits per heavy atom. The van der Waals surface area contributed by atoms with Crippen LogP contribution in [0, 0.1) is 0 Å². The van der Waals surface area contributed by atoms with Crippen LogP contribution < -0.4 is 5.32 Å². The number of rotatable bonds is 10. The van der Waals surface area contributed by atoms with Crippen molar-refractivity contribution in [2.45, 2.75) is 96.6 Å². The van der Waals surface area contributed by atoms with Crippen LogP contribution in [-0.2, 0) is 0 Å². The molecule has 1 N–H and O–H groups in total. The fourth-order valence-corrected chi connectivity index (χ4v) is 3.81. The van der Waals surface area contributed by atoms with Crippen molar-refractivity contribution in [3.05, 3.63) is 0 Å². The van der Waals surface area contributed by atoms with E-state index in [1.54, 1.807) is 0 Å². The highest BCUT2D eigenvalue weighted by molar-refractivity contribution is 4.96. The maximum absolute atomic E-state index is 3.64. The summed E-state index contributed by atoms with van der Waals surface area (Å²) in [6.07, 6.45) is 13.8. The van der Waals surface area contributed by atoms with Crippen molar-refractivity contribution in [1.82, 2.24) is 10.2 Å². The molecule has 0 amide bonds. The van der Waals surface area contributed by atoms with Gasteiger partial charge in [-0.3, -0.25) is 4.90 Å². The average molecular weight is 283 g/mol. The molecule has 0 aromatic heterocycles. The molecule has 0 aliphatic carbocycles. The third kappa shape index (κ3) is 5.04. The van der Waals surface area contributed by atoms with Crippen LogP contribution in [0.4, 0.5) is 0 Å². The quantitative estimate of drug-likeness (QED) is 0.590. The highest BCUT2D eigenvalue weighted by Crippen LogP contribution is 2.29. The number of hydrogen-bond acceptors (Lipinski definition) is 2. The molecule has 0 aromatic rings. The van der Waals surface area contributed by atoms with Gasteiger partial charge in [-0.05, 0) is 52.7 Å². The number of nitrogens with zero attached hydrogens (tertiary/aromatic N) is 1. The highest BCUT2D eigenvalue weighted by atomic mass is 15.2. The highest BCUT2D eigenvalue weighted by Gasteiger charge is 2.37. The molecule has 120 valence electrons. The predicted molar refractivity (Wildman–Crippen MR) is 90.3 cm³/mol. The molecule has 1 heterocycles. The smallest absolute Gasteiger partial charge is 0.0331 e. The van der Waals surface area contributed by atoms with Gasteiger partial charge >= 0.3 is 0 Å². The van der Waals surface area contributed by atoms with Gasteiger partial charge in [0.2, 0.25) is 0 Å². The van der Waals surface area contributed by atoms with Crippen LogP contribution in [0.15, 0.2) is 0 Å². The number of unbranched alkanes of at least 4 members (excludes halogenated alkanes) is 4. The number of piperidine rings is 1. The van der Waals surface area contributed by atoms with Crippen LogP contribution in [-0.4, -0.2) is 36.6 Å². The summed E-state index contributed by atoms with van der Waals surface area (Å²) in [5.41, 5.74) is 0.347. The van der Waals surface area contributed by atoms with Crippen LogP contribution in [0.1, 0.15) is 85.0 Å². The van der Waals surface area contributed by atoms with Crippen molar-refractivity contribution < 1.29 is 0 Å². The first-order chi connectivity index (χ1) is 9.69. The summed E-state index contributed by atoms with van der Waals surface area (Å²) >= 11 is 0. The maximum Gasteiger partial charge on any atom is 0.0331 e. The fraction of sp³-hybridized carbons (Fsp3) is 1.00. The van der Waals surface area contributed by atoms with Crippen molar-refractivity contribution in [2.75, 3.05) is 20.1 Å². The molecule has 2 atom stereocenters. The summed E-state index contributed by atoms with van der Waals surface area (Å²) in [5, 5.41) is 3.64. The van der Waals surface area contributed by atoms with E-state index in [9.17, 15) is 0 Å². The lowest BCUT2D eigenvalue weighted by molar-refractivity contribution is 0.0418. The normalized spacial score (nSPS) is 21.6. The Morgan fingerprint density at radius 2 is 1.65 bits per heavy atom. The van der Waals surface area contributed by atoms with Crippen LogP contribution in [0.5, 0.6) is 0 Å². The van der Waals surface area contributed by atoms with E-state index in [4.69, 9.17) is 0 Å². The molecule has 1 aliphatic rings. The summed E-state index contributed by atoms with van der Waals surface area (Å²) in [6, 6.07) is 0.646. The van der Waals surface area contributed by atoms with E-state index in [1.807, 2.05) is 0 Å². The van der Waals surface area contributed by atoms with E-state index >= 15 is 0 Å². The molecule has 20 heavy (non-hydrogen) atoms. The Hall–Kier alpha value is -0.0800. The Bertz CT molecular complexity index is 236. The van der Waals surface area contributed by atoms with E-state index < -0.39 is 0 Å². The van der Waals surface area contributed by atoms with Crippen LogP contribution >= 0.6 is 0 Å². The lowest BCUT2D eigenvalue weighted by Crippen LogP contribution is -2.59. The molecule has 1 saturated heterocycles. The van der Waals surface area contributed by atoms with Crippen LogP contribution in [0.3, 0.4) is 0 Å². The molecule has 0 bridgehead atoms. The summed E-state index contributed by atoms with van der Waals surface area (Å²) in [7, 11) is 2.16. The molecule has 0 saturated carbocycles. The molecule has 0 aromatic carbocycles. The number of likely N-dealkylation sites (tertiary alicyclic amines) is 1. The molecule has 1 rings (SSSR count). The zero-order valence-corrected chi connectivity index (χ0v) is 14.5. The first-order valence-corrected chi connectivity index (χ1v) is 9.11. The monoisotopic (exact) mass is 282 g/mol. The summed E-state index contributed by atoms with van der Waals surface area (Å²) < 4.78 is 0. The summed E-state index contributed by atoms with van der Waals surface area (Å²) in [5.74, 6) is 0. The lowest BCUT2D eigenvalue weighted by Gasteiger charge is -2.48. The molecule has 2 nitrogen and oxygen atoms in total. The molecule has 1 fully saturated rings. The third-order valence-electron chi connectivity index (χ3n) is 5.49. The topological polar surface area (TPSA) is 15.3 Å². The predicted octanol–water partition coefficient (Wildman–Crippen LogP) is 4.59. The molecular formula is C18H38N2. The first kappa shape index (κ1) is 18.0. The minimum atomic E-state index is 0.347. The largest absolute Gasteiger partial charge is 0.315 e. The molecule has 0 radical (unpaired) electrons. The van der Waals surface area contributed by atoms with Gasteiger partial charge < -0.3 is 5.32 Å². The van der Waals surface area contributed by atoms with E-state index in [-0.39, 0.29) is 0 Å². The minimum absolute atomic E-state index is 0.347. The Morgan fingerprint density at radius 3 is 2.20 bits per heavy atom. The van der Waals surface area contributed by atoms with Gasteiger partial charge in [-0.1, -0.05) is 52.4 Å². The van der Waals surface area contributed by atoms with Crippen LogP contribution in [0.2, 0.25) is 0 Å². The van der Waals surface area contributed by atoms with Crippen molar-refractivity contribution in [2.24, 2.45) is 0 Å². The lowest BCUT2D eigenvalue weighted by atomic mass is 9.83. The SMILES string of the molecule is CCCCCCCC(NC)C(C)(CC)N1CCCCC1. The van der Waals surface area contributed by atoms with Gasteiger partial charge in [0.05, 0.1) is 0 Å². The fourth-order valence-electron chi connectivity index (χ4n) is 3.81. The molecule has 1 aliphatic heterocycles. The number of nitrogens with one attached hydrogen (secondary N) is 1. The minimum Gasteiger partial charge on any atom is -0.315 e. The zero-order chi connectivity index (χ0) is 14.8. The second-order valence-electron chi connectivity index (χ2n) is 6.80. The van der Waals surface area contributed by atoms with Gasteiger partial charge in [0.25, 0.3) is 0 Å². The van der Waals surface area contributed by atoms with Gasteiger partial charge in [0, 0.05) is 11.6 Å².